The molecule has 1 amide bonds. The van der Waals surface area contributed by atoms with E-state index in [0.717, 1.165) is 0 Å². The van der Waals surface area contributed by atoms with Crippen molar-refractivity contribution in [3.05, 3.63) is 23.2 Å². The smallest absolute Gasteiger partial charge is 0.341 e. The number of halogens is 1. The minimum atomic E-state index is -1.10. The summed E-state index contributed by atoms with van der Waals surface area (Å²) in [5.74, 6) is -1.19. The molecule has 23 heavy (non-hydrogen) atoms. The average Bonchev–Trinajstić information content (AvgIpc) is 2.50. The van der Waals surface area contributed by atoms with Crippen LogP contribution in [0.25, 0.3) is 0 Å². The topological polar surface area (TPSA) is 94.1 Å². The van der Waals surface area contributed by atoms with Crippen LogP contribution in [0.5, 0.6) is 5.75 Å². The van der Waals surface area contributed by atoms with Crippen LogP contribution in [-0.4, -0.2) is 49.5 Å². The van der Waals surface area contributed by atoms with Gasteiger partial charge in [0.05, 0.1) is 18.2 Å². The number of hydrogen-bond donors (Lipinski definition) is 2. The summed E-state index contributed by atoms with van der Waals surface area (Å²) in [6.07, 6.45) is -0.642. The summed E-state index contributed by atoms with van der Waals surface area (Å²) >= 11 is 5.98. The fourth-order valence-electron chi connectivity index (χ4n) is 1.58. The van der Waals surface area contributed by atoms with E-state index in [2.05, 4.69) is 5.32 Å². The molecule has 8 heteroatoms. The minimum Gasteiger partial charge on any atom is -0.480 e. The van der Waals surface area contributed by atoms with E-state index >= 15 is 0 Å². The van der Waals surface area contributed by atoms with Gasteiger partial charge in [0.15, 0.2) is 6.61 Å². The summed E-state index contributed by atoms with van der Waals surface area (Å²) in [6, 6.07) is 4.53. The number of amides is 1. The van der Waals surface area contributed by atoms with Crippen LogP contribution in [-0.2, 0) is 19.1 Å². The third-order valence-electron chi connectivity index (χ3n) is 2.72. The molecule has 1 atom stereocenters. The van der Waals surface area contributed by atoms with E-state index in [1.807, 2.05) is 6.92 Å². The molecule has 0 saturated heterocycles. The second-order valence-electron chi connectivity index (χ2n) is 4.53. The van der Waals surface area contributed by atoms with E-state index < -0.39 is 18.7 Å². The molecule has 1 aromatic carbocycles. The fraction of sp³-hybridized carbons (Fsp3) is 0.467. The first-order chi connectivity index (χ1) is 10.9. The number of nitrogens with one attached hydrogen (secondary N) is 1. The van der Waals surface area contributed by atoms with Gasteiger partial charge in [-0.05, 0) is 32.0 Å². The van der Waals surface area contributed by atoms with Gasteiger partial charge in [-0.3, -0.25) is 4.79 Å². The van der Waals surface area contributed by atoms with Gasteiger partial charge in [0.2, 0.25) is 0 Å². The molecule has 128 valence electrons. The van der Waals surface area contributed by atoms with Gasteiger partial charge in [0.25, 0.3) is 5.91 Å². The molecular formula is C15H20ClNO6. The monoisotopic (exact) mass is 345 g/mol. The highest BCUT2D eigenvalue weighted by Gasteiger charge is 2.14. The van der Waals surface area contributed by atoms with Crippen LogP contribution in [0.3, 0.4) is 0 Å². The predicted octanol–water partition coefficient (Wildman–Crippen LogP) is 2.18. The van der Waals surface area contributed by atoms with Crippen molar-refractivity contribution in [2.24, 2.45) is 0 Å². The zero-order chi connectivity index (χ0) is 17.2. The van der Waals surface area contributed by atoms with Crippen LogP contribution in [0, 0.1) is 0 Å². The van der Waals surface area contributed by atoms with Crippen LogP contribution in [0.15, 0.2) is 18.2 Å². The zero-order valence-corrected chi connectivity index (χ0v) is 13.8. The Bertz CT molecular complexity index is 537. The zero-order valence-electron chi connectivity index (χ0n) is 13.0. The highest BCUT2D eigenvalue weighted by Crippen LogP contribution is 2.27. The van der Waals surface area contributed by atoms with Gasteiger partial charge in [0.1, 0.15) is 11.9 Å². The predicted molar refractivity (Wildman–Crippen MR) is 85.1 cm³/mol. The van der Waals surface area contributed by atoms with Crippen molar-refractivity contribution in [3.63, 3.8) is 0 Å². The van der Waals surface area contributed by atoms with Crippen molar-refractivity contribution in [2.75, 3.05) is 31.7 Å². The summed E-state index contributed by atoms with van der Waals surface area (Å²) in [4.78, 5) is 22.4. The van der Waals surface area contributed by atoms with Gasteiger partial charge in [0, 0.05) is 12.3 Å². The summed E-state index contributed by atoms with van der Waals surface area (Å²) in [5.41, 5.74) is 0.461. The SMILES string of the molecule is CCOCCOC(C)C(=O)Nc1ccc(OCC(=O)O)c(Cl)c1. The molecule has 0 heterocycles. The van der Waals surface area contributed by atoms with Gasteiger partial charge in [-0.15, -0.1) is 0 Å². The first kappa shape index (κ1) is 19.2. The van der Waals surface area contributed by atoms with Crippen molar-refractivity contribution in [3.8, 4) is 5.75 Å². The highest BCUT2D eigenvalue weighted by molar-refractivity contribution is 6.32. The number of carboxylic acids is 1. The Morgan fingerprint density at radius 1 is 1.35 bits per heavy atom. The molecule has 1 unspecified atom stereocenters. The third-order valence-corrected chi connectivity index (χ3v) is 3.01. The molecule has 1 rings (SSSR count). The standard InChI is InChI=1S/C15H20ClNO6/c1-3-21-6-7-22-10(2)15(20)17-11-4-5-13(12(16)8-11)23-9-14(18)19/h4-5,8,10H,3,6-7,9H2,1-2H3,(H,17,20)(H,18,19). The Morgan fingerprint density at radius 3 is 2.70 bits per heavy atom. The van der Waals surface area contributed by atoms with Crippen molar-refractivity contribution in [2.45, 2.75) is 20.0 Å². The van der Waals surface area contributed by atoms with E-state index in [1.165, 1.54) is 12.1 Å². The Hall–Kier alpha value is -1.83. The molecule has 0 aliphatic rings. The molecule has 0 spiro atoms. The van der Waals surface area contributed by atoms with Crippen molar-refractivity contribution in [1.29, 1.82) is 0 Å². The van der Waals surface area contributed by atoms with Gasteiger partial charge in [-0.1, -0.05) is 11.6 Å². The Kier molecular flexibility index (Phi) is 8.39. The quantitative estimate of drug-likeness (QED) is 0.631. The van der Waals surface area contributed by atoms with Crippen LogP contribution >= 0.6 is 11.6 Å². The molecular weight excluding hydrogens is 326 g/mol. The summed E-state index contributed by atoms with van der Waals surface area (Å²) in [7, 11) is 0. The molecule has 0 fully saturated rings. The second-order valence-corrected chi connectivity index (χ2v) is 4.93. The maximum absolute atomic E-state index is 12.0. The van der Waals surface area contributed by atoms with Gasteiger partial charge in [-0.2, -0.15) is 0 Å². The fourth-order valence-corrected chi connectivity index (χ4v) is 1.82. The summed E-state index contributed by atoms with van der Waals surface area (Å²) in [6.45, 7) is 4.37. The molecule has 2 N–H and O–H groups in total. The van der Waals surface area contributed by atoms with Crippen molar-refractivity contribution < 1.29 is 28.9 Å². The van der Waals surface area contributed by atoms with E-state index in [1.54, 1.807) is 13.0 Å². The van der Waals surface area contributed by atoms with Gasteiger partial charge < -0.3 is 24.6 Å². The Labute approximate surface area is 139 Å². The number of hydrogen-bond acceptors (Lipinski definition) is 5. The molecule has 0 saturated carbocycles. The Balaban J connectivity index is 2.51. The number of carboxylic acid groups (broad SMARTS) is 1. The van der Waals surface area contributed by atoms with Gasteiger partial charge in [-0.25, -0.2) is 4.79 Å². The first-order valence-corrected chi connectivity index (χ1v) is 7.46. The Morgan fingerprint density at radius 2 is 2.09 bits per heavy atom. The van der Waals surface area contributed by atoms with Crippen molar-refractivity contribution >= 4 is 29.2 Å². The van der Waals surface area contributed by atoms with Crippen LogP contribution in [0.4, 0.5) is 5.69 Å². The highest BCUT2D eigenvalue weighted by atomic mass is 35.5. The maximum atomic E-state index is 12.0. The van der Waals surface area contributed by atoms with Crippen LogP contribution < -0.4 is 10.1 Å². The number of anilines is 1. The summed E-state index contributed by atoms with van der Waals surface area (Å²) in [5, 5.41) is 11.4. The van der Waals surface area contributed by atoms with E-state index in [9.17, 15) is 9.59 Å². The number of ether oxygens (including phenoxy) is 3. The molecule has 0 radical (unpaired) electrons. The van der Waals surface area contributed by atoms with Gasteiger partial charge >= 0.3 is 5.97 Å². The largest absolute Gasteiger partial charge is 0.480 e. The molecule has 7 nitrogen and oxygen atoms in total. The van der Waals surface area contributed by atoms with Crippen molar-refractivity contribution in [1.82, 2.24) is 0 Å². The normalized spacial score (nSPS) is 11.8. The molecule has 0 aliphatic carbocycles. The lowest BCUT2D eigenvalue weighted by Gasteiger charge is -2.14. The second kappa shape index (κ2) is 10.0. The summed E-state index contributed by atoms with van der Waals surface area (Å²) < 4.78 is 15.5. The van der Waals surface area contributed by atoms with E-state index in [-0.39, 0.29) is 16.7 Å². The number of carbonyl (C=O) groups excluding carboxylic acids is 1. The third kappa shape index (κ3) is 7.32. The lowest BCUT2D eigenvalue weighted by atomic mass is 10.2. The lowest BCUT2D eigenvalue weighted by Crippen LogP contribution is -2.28. The minimum absolute atomic E-state index is 0.203. The number of benzene rings is 1. The van der Waals surface area contributed by atoms with Crippen LogP contribution in [0.2, 0.25) is 5.02 Å². The lowest BCUT2D eigenvalue weighted by molar-refractivity contribution is -0.139. The van der Waals surface area contributed by atoms with Crippen LogP contribution in [0.1, 0.15) is 13.8 Å². The maximum Gasteiger partial charge on any atom is 0.341 e. The molecule has 0 aliphatic heterocycles. The number of aliphatic carboxylic acids is 1. The molecule has 0 aromatic heterocycles. The number of rotatable bonds is 10. The van der Waals surface area contributed by atoms with E-state index in [0.29, 0.717) is 25.5 Å². The first-order valence-electron chi connectivity index (χ1n) is 7.08. The average molecular weight is 346 g/mol. The number of carbonyl (C=O) groups is 2. The van der Waals surface area contributed by atoms with E-state index in [4.69, 9.17) is 30.9 Å². The molecule has 0 bridgehead atoms. The molecule has 1 aromatic rings.